The van der Waals surface area contributed by atoms with Crippen molar-refractivity contribution < 1.29 is 48.3 Å². The quantitative estimate of drug-likeness (QED) is 0.100. The molecule has 55 heavy (non-hydrogen) atoms. The van der Waals surface area contributed by atoms with E-state index in [0.29, 0.717) is 5.56 Å². The predicted octanol–water partition coefficient (Wildman–Crippen LogP) is 9.71. The Morgan fingerprint density at radius 1 is 0.582 bits per heavy atom. The first-order valence-electron chi connectivity index (χ1n) is 15.6. The Balaban J connectivity index is 1.62. The molecule has 0 atom stereocenters. The fourth-order valence-electron chi connectivity index (χ4n) is 7.35. The summed E-state index contributed by atoms with van der Waals surface area (Å²) in [6.45, 7) is 16.5. The van der Waals surface area contributed by atoms with Crippen LogP contribution in [-0.2, 0) is 19.0 Å². The normalized spacial score (nSPS) is 13.5. The number of benzene rings is 5. The van der Waals surface area contributed by atoms with Crippen LogP contribution in [0.1, 0.15) is 33.4 Å². The standard InChI is InChI=1S/C40H13F11N4/c1-14-32(41)34(43)25(35(44)33(14)42)17-6-4-15-8-21-27(23(12-52)54-2)22-9-16-5-7-18(26-36(45)38(47)31(40(49,50)51)39(48)37(26)46)11-20(16)29(22)30(24(13-53)55-3)28(21)19(15)10-17/h4-7,10-11H,8-9H2,1H3/b27-23+,30-24+. The summed E-state index contributed by atoms with van der Waals surface area (Å²) in [4.78, 5) is 6.67. The van der Waals surface area contributed by atoms with E-state index in [0.717, 1.165) is 31.2 Å². The summed E-state index contributed by atoms with van der Waals surface area (Å²) in [7, 11) is 0. The molecule has 0 radical (unpaired) electrons. The molecule has 5 aromatic rings. The van der Waals surface area contributed by atoms with Crippen molar-refractivity contribution in [2.45, 2.75) is 25.9 Å². The first-order valence-corrected chi connectivity index (χ1v) is 15.6. The van der Waals surface area contributed by atoms with Crippen LogP contribution in [0.25, 0.3) is 65.6 Å². The van der Waals surface area contributed by atoms with Crippen LogP contribution < -0.4 is 10.4 Å². The minimum atomic E-state index is -5.81. The van der Waals surface area contributed by atoms with Gasteiger partial charge >= 0.3 is 6.18 Å². The number of alkyl halides is 3. The number of rotatable bonds is 2. The van der Waals surface area contributed by atoms with Gasteiger partial charge in [-0.15, -0.1) is 0 Å². The van der Waals surface area contributed by atoms with Crippen molar-refractivity contribution in [1.29, 1.82) is 10.5 Å². The average Bonchev–Trinajstić information content (AvgIpc) is 3.72. The van der Waals surface area contributed by atoms with Crippen LogP contribution >= 0.6 is 0 Å². The second-order valence-corrected chi connectivity index (χ2v) is 12.5. The van der Waals surface area contributed by atoms with Crippen molar-refractivity contribution >= 4 is 11.4 Å². The van der Waals surface area contributed by atoms with Crippen LogP contribution in [0.2, 0.25) is 0 Å². The highest BCUT2D eigenvalue weighted by atomic mass is 19.4. The Bertz CT molecular complexity index is 2860. The van der Waals surface area contributed by atoms with Crippen LogP contribution in [0.15, 0.2) is 36.4 Å². The van der Waals surface area contributed by atoms with Gasteiger partial charge in [0.05, 0.1) is 36.4 Å². The van der Waals surface area contributed by atoms with Gasteiger partial charge in [0.25, 0.3) is 11.4 Å². The monoisotopic (exact) mass is 758 g/mol. The summed E-state index contributed by atoms with van der Waals surface area (Å²) in [6.07, 6.45) is -6.06. The maximum atomic E-state index is 15.3. The van der Waals surface area contributed by atoms with E-state index in [-0.39, 0.29) is 67.8 Å². The molecule has 0 fully saturated rings. The minimum absolute atomic E-state index is 0.00205. The lowest BCUT2D eigenvalue weighted by Gasteiger charge is -2.16. The van der Waals surface area contributed by atoms with E-state index in [1.807, 2.05) is 0 Å². The highest BCUT2D eigenvalue weighted by Crippen LogP contribution is 2.45. The Morgan fingerprint density at radius 3 is 1.33 bits per heavy atom. The van der Waals surface area contributed by atoms with Crippen molar-refractivity contribution in [3.05, 3.63) is 150 Å². The summed E-state index contributed by atoms with van der Waals surface area (Å²) < 4.78 is 160. The molecule has 270 valence electrons. The Hall–Kier alpha value is -6.97. The molecule has 2 aliphatic rings. The summed E-state index contributed by atoms with van der Waals surface area (Å²) in [6, 6.07) is 10.3. The van der Waals surface area contributed by atoms with Crippen LogP contribution in [0.4, 0.5) is 48.3 Å². The van der Waals surface area contributed by atoms with E-state index < -0.39 is 91.9 Å². The molecule has 0 N–H and O–H groups in total. The molecule has 4 nitrogen and oxygen atoms in total. The first-order chi connectivity index (χ1) is 26.0. The molecular weight excluding hydrogens is 745 g/mol. The lowest BCUT2D eigenvalue weighted by atomic mass is 9.89. The molecule has 0 saturated heterocycles. The van der Waals surface area contributed by atoms with Crippen molar-refractivity contribution in [1.82, 2.24) is 0 Å². The third-order valence-electron chi connectivity index (χ3n) is 9.72. The number of nitrogens with zero attached hydrogens (tertiary/aromatic N) is 4. The topological polar surface area (TPSA) is 56.3 Å². The maximum Gasteiger partial charge on any atom is 0.422 e. The lowest BCUT2D eigenvalue weighted by Crippen LogP contribution is -2.25. The molecule has 0 saturated carbocycles. The SMILES string of the molecule is [C-]#[N+]/C(C#N)=c1\c2c(/c(=C(/C#N)[N+]#[C-])c3c1Cc1ccc(-c4c(F)c(F)c(C(F)(F)F)c(F)c4F)cc1-3)-c1cc(-c3c(F)c(F)c(C)c(F)c3F)ccc1C2. The zero-order valence-corrected chi connectivity index (χ0v) is 27.3. The Morgan fingerprint density at radius 2 is 0.964 bits per heavy atom. The molecule has 15 heteroatoms. The molecule has 5 aromatic carbocycles. The van der Waals surface area contributed by atoms with Gasteiger partial charge < -0.3 is 0 Å². The number of fused-ring (bicyclic) bond motifs is 6. The highest BCUT2D eigenvalue weighted by Gasteiger charge is 2.43. The number of hydrogen-bond acceptors (Lipinski definition) is 2. The smallest absolute Gasteiger partial charge is 0.226 e. The molecule has 0 unspecified atom stereocenters. The van der Waals surface area contributed by atoms with E-state index in [9.17, 15) is 41.3 Å². The van der Waals surface area contributed by atoms with Gasteiger partial charge in [0.1, 0.15) is 5.56 Å². The van der Waals surface area contributed by atoms with Gasteiger partial charge in [-0.25, -0.2) is 55.3 Å². The second-order valence-electron chi connectivity index (χ2n) is 12.5. The minimum Gasteiger partial charge on any atom is -0.226 e. The van der Waals surface area contributed by atoms with Gasteiger partial charge in [0.15, 0.2) is 46.5 Å². The second kappa shape index (κ2) is 12.6. The molecule has 0 amide bonds. The zero-order chi connectivity index (χ0) is 40.0. The van der Waals surface area contributed by atoms with Crippen molar-refractivity contribution in [3.63, 3.8) is 0 Å². The molecule has 0 aromatic heterocycles. The largest absolute Gasteiger partial charge is 0.422 e. The van der Waals surface area contributed by atoms with E-state index in [4.69, 9.17) is 13.1 Å². The summed E-state index contributed by atoms with van der Waals surface area (Å²) in [5.41, 5.74) is -7.63. The lowest BCUT2D eigenvalue weighted by molar-refractivity contribution is -0.143. The molecule has 0 heterocycles. The van der Waals surface area contributed by atoms with Gasteiger partial charge in [-0.3, -0.25) is 0 Å². The van der Waals surface area contributed by atoms with Gasteiger partial charge in [0, 0.05) is 10.8 Å². The van der Waals surface area contributed by atoms with Gasteiger partial charge in [-0.2, -0.15) is 13.2 Å². The van der Waals surface area contributed by atoms with Gasteiger partial charge in [-0.05, 0) is 92.8 Å². The highest BCUT2D eigenvalue weighted by molar-refractivity contribution is 5.95. The molecule has 0 bridgehead atoms. The van der Waals surface area contributed by atoms with Crippen molar-refractivity contribution in [2.75, 3.05) is 0 Å². The summed E-state index contributed by atoms with van der Waals surface area (Å²) in [5, 5.41) is 20.1. The third-order valence-corrected chi connectivity index (χ3v) is 9.72. The molecule has 2 aliphatic carbocycles. The van der Waals surface area contributed by atoms with Gasteiger partial charge in [-0.1, -0.05) is 24.3 Å². The Kier molecular flexibility index (Phi) is 8.32. The molecular formula is C40H13F11N4. The predicted molar refractivity (Wildman–Crippen MR) is 174 cm³/mol. The van der Waals surface area contributed by atoms with Crippen molar-refractivity contribution in [3.8, 4) is 56.6 Å². The zero-order valence-electron chi connectivity index (χ0n) is 27.3. The average molecular weight is 759 g/mol. The van der Waals surface area contributed by atoms with Crippen LogP contribution in [-0.4, -0.2) is 0 Å². The maximum absolute atomic E-state index is 15.3. The number of halogens is 11. The van der Waals surface area contributed by atoms with Crippen LogP contribution in [0.5, 0.6) is 0 Å². The van der Waals surface area contributed by atoms with Crippen LogP contribution in [0.3, 0.4) is 0 Å². The molecule has 0 spiro atoms. The van der Waals surface area contributed by atoms with E-state index in [1.165, 1.54) is 12.1 Å². The van der Waals surface area contributed by atoms with E-state index >= 15 is 17.6 Å². The summed E-state index contributed by atoms with van der Waals surface area (Å²) >= 11 is 0. The van der Waals surface area contributed by atoms with E-state index in [2.05, 4.69) is 9.69 Å². The third kappa shape index (κ3) is 5.08. The molecule has 7 rings (SSSR count). The number of nitriles is 2. The van der Waals surface area contributed by atoms with E-state index in [1.54, 1.807) is 12.1 Å². The Labute approximate surface area is 302 Å². The fraction of sp³-hybridized carbons (Fsp3) is 0.100. The first kappa shape index (κ1) is 36.4. The van der Waals surface area contributed by atoms with Gasteiger partial charge in [0.2, 0.25) is 0 Å². The number of hydrogen-bond donors (Lipinski definition) is 0. The summed E-state index contributed by atoms with van der Waals surface area (Å²) in [5.74, 6) is -16.9. The van der Waals surface area contributed by atoms with Crippen molar-refractivity contribution in [2.24, 2.45) is 0 Å². The fourth-order valence-corrected chi connectivity index (χ4v) is 7.35. The molecule has 0 aliphatic heterocycles. The van der Waals surface area contributed by atoms with Crippen LogP contribution in [0, 0.1) is 89.3 Å².